The first-order valence-electron chi connectivity index (χ1n) is 4.59. The molecule has 0 aromatic heterocycles. The normalized spacial score (nSPS) is 12.2. The van der Waals surface area contributed by atoms with Crippen LogP contribution in [-0.4, -0.2) is 27.5 Å². The van der Waals surface area contributed by atoms with Crippen molar-refractivity contribution in [1.29, 1.82) is 0 Å². The maximum Gasteiger partial charge on any atom is 0.232 e. The molecule has 0 aliphatic heterocycles. The number of carbonyl (C=O) groups excluding carboxylic acids is 1. The summed E-state index contributed by atoms with van der Waals surface area (Å²) in [6.07, 6.45) is 0. The lowest BCUT2D eigenvalue weighted by Crippen LogP contribution is -2.34. The summed E-state index contributed by atoms with van der Waals surface area (Å²) in [5, 5.41) is 0.402. The van der Waals surface area contributed by atoms with Crippen molar-refractivity contribution < 1.29 is 9.00 Å². The van der Waals surface area contributed by atoms with Crippen molar-refractivity contribution in [2.24, 2.45) is 5.73 Å². The third kappa shape index (κ3) is 3.49. The highest BCUT2D eigenvalue weighted by molar-refractivity contribution is 7.82. The van der Waals surface area contributed by atoms with Crippen LogP contribution in [0.5, 0.6) is 0 Å². The Bertz CT molecular complexity index is 394. The lowest BCUT2D eigenvalue weighted by atomic mass is 10.4. The Morgan fingerprint density at radius 1 is 1.56 bits per heavy atom. The van der Waals surface area contributed by atoms with Gasteiger partial charge in [0.1, 0.15) is 15.9 Å². The topological polar surface area (TPSA) is 63.4 Å². The molecule has 0 saturated carbocycles. The molecular weight excluding hydrogens is 248 g/mol. The fourth-order valence-corrected chi connectivity index (χ4v) is 2.25. The summed E-state index contributed by atoms with van der Waals surface area (Å²) in [5.74, 6) is -0.520. The molecule has 2 N–H and O–H groups in total. The molecule has 1 atom stereocenters. The number of carbonyl (C=O) groups is 1. The molecule has 16 heavy (non-hydrogen) atoms. The highest BCUT2D eigenvalue weighted by Gasteiger charge is 2.15. The number of nitrogens with two attached hydrogens (primary N) is 1. The first-order chi connectivity index (χ1) is 7.54. The molecule has 1 aromatic rings. The van der Waals surface area contributed by atoms with E-state index in [0.29, 0.717) is 16.5 Å². The van der Waals surface area contributed by atoms with Gasteiger partial charge in [0.15, 0.2) is 0 Å². The van der Waals surface area contributed by atoms with Crippen LogP contribution in [0.25, 0.3) is 0 Å². The van der Waals surface area contributed by atoms with E-state index in [-0.39, 0.29) is 6.54 Å². The van der Waals surface area contributed by atoms with Crippen molar-refractivity contribution in [2.75, 3.05) is 13.1 Å². The number of primary amides is 1. The van der Waals surface area contributed by atoms with E-state index in [0.717, 1.165) is 0 Å². The molecular formula is C10H11ClN2O2S. The van der Waals surface area contributed by atoms with Crippen LogP contribution in [0.2, 0.25) is 5.02 Å². The molecule has 0 spiro atoms. The fourth-order valence-electron chi connectivity index (χ4n) is 1.06. The predicted molar refractivity (Wildman–Crippen MR) is 62.0 cm³/mol. The van der Waals surface area contributed by atoms with Crippen molar-refractivity contribution in [3.63, 3.8) is 0 Å². The minimum Gasteiger partial charge on any atom is -0.369 e. The first-order valence-corrected chi connectivity index (χ1v) is 6.07. The second kappa shape index (κ2) is 5.85. The van der Waals surface area contributed by atoms with Gasteiger partial charge in [-0.2, -0.15) is 0 Å². The third-order valence-electron chi connectivity index (χ3n) is 1.79. The van der Waals surface area contributed by atoms with Crippen molar-refractivity contribution in [3.05, 3.63) is 29.3 Å². The Hall–Kier alpha value is -1.09. The minimum atomic E-state index is -1.46. The molecule has 0 fully saturated rings. The van der Waals surface area contributed by atoms with E-state index in [1.807, 2.05) is 0 Å². The zero-order valence-corrected chi connectivity index (χ0v) is 10.3. The molecule has 0 radical (unpaired) electrons. The van der Waals surface area contributed by atoms with Gasteiger partial charge in [0.05, 0.1) is 11.6 Å². The number of amides is 1. The molecule has 0 saturated heterocycles. The Balaban J connectivity index is 2.82. The molecule has 1 amide bonds. The summed E-state index contributed by atoms with van der Waals surface area (Å²) in [7, 11) is -1.46. The summed E-state index contributed by atoms with van der Waals surface area (Å²) in [6, 6.07) is 8.45. The van der Waals surface area contributed by atoms with Crippen LogP contribution in [0.1, 0.15) is 6.92 Å². The molecule has 1 unspecified atom stereocenters. The summed E-state index contributed by atoms with van der Waals surface area (Å²) in [4.78, 5) is 11.2. The van der Waals surface area contributed by atoms with Crippen LogP contribution < -0.4 is 5.73 Å². The molecule has 6 heteroatoms. The summed E-state index contributed by atoms with van der Waals surface area (Å²) >= 11 is 5.64. The van der Waals surface area contributed by atoms with Crippen LogP contribution in [-0.2, 0) is 15.8 Å². The summed E-state index contributed by atoms with van der Waals surface area (Å²) < 4.78 is 13.4. The Morgan fingerprint density at radius 3 is 2.69 bits per heavy atom. The van der Waals surface area contributed by atoms with Crippen LogP contribution in [0.4, 0.5) is 0 Å². The number of nitrogens with zero attached hydrogens (tertiary/aromatic N) is 1. The van der Waals surface area contributed by atoms with Crippen LogP contribution in [0.15, 0.2) is 17.0 Å². The zero-order valence-electron chi connectivity index (χ0n) is 8.70. The zero-order chi connectivity index (χ0) is 12.1. The van der Waals surface area contributed by atoms with Gasteiger partial charge in [-0.15, -0.1) is 0 Å². The maximum absolute atomic E-state index is 12.0. The minimum absolute atomic E-state index is 0.0560. The number of likely N-dealkylation sites (N-methyl/N-ethyl adjacent to an activating group) is 1. The Kier molecular flexibility index (Phi) is 4.74. The van der Waals surface area contributed by atoms with E-state index in [9.17, 15) is 9.00 Å². The molecule has 0 bridgehead atoms. The van der Waals surface area contributed by atoms with E-state index in [1.54, 1.807) is 19.1 Å². The van der Waals surface area contributed by atoms with Crippen molar-refractivity contribution in [1.82, 2.24) is 4.31 Å². The molecule has 86 valence electrons. The van der Waals surface area contributed by atoms with E-state index in [4.69, 9.17) is 17.3 Å². The van der Waals surface area contributed by atoms with E-state index in [1.165, 1.54) is 4.31 Å². The van der Waals surface area contributed by atoms with Crippen LogP contribution in [0, 0.1) is 12.1 Å². The standard InChI is InChI=1S/C10H11ClN2O2S/c1-2-13(7-10(12)14)16(15)9-5-3-8(11)4-6-9/h3,5H,2,7H2,1H3,(H2,12,14). The maximum atomic E-state index is 12.0. The highest BCUT2D eigenvalue weighted by Crippen LogP contribution is 2.10. The largest absolute Gasteiger partial charge is 0.369 e. The monoisotopic (exact) mass is 258 g/mol. The van der Waals surface area contributed by atoms with Gasteiger partial charge in [0.2, 0.25) is 5.91 Å². The van der Waals surface area contributed by atoms with E-state index in [2.05, 4.69) is 12.1 Å². The SMILES string of the molecule is CCN(CC(N)=O)S(=O)c1c#cc(Cl)cc1. The average molecular weight is 259 g/mol. The Morgan fingerprint density at radius 2 is 2.25 bits per heavy atom. The lowest BCUT2D eigenvalue weighted by Gasteiger charge is -2.16. The van der Waals surface area contributed by atoms with Crippen molar-refractivity contribution >= 4 is 28.5 Å². The van der Waals surface area contributed by atoms with Crippen molar-refractivity contribution in [2.45, 2.75) is 11.8 Å². The highest BCUT2D eigenvalue weighted by atomic mass is 35.5. The van der Waals surface area contributed by atoms with Gasteiger partial charge in [-0.3, -0.25) is 4.79 Å². The summed E-state index contributed by atoms with van der Waals surface area (Å²) in [5.41, 5.74) is 5.05. The van der Waals surface area contributed by atoms with E-state index < -0.39 is 16.9 Å². The number of halogens is 1. The predicted octanol–water partition coefficient (Wildman–Crippen LogP) is 0.770. The molecule has 1 rings (SSSR count). The van der Waals surface area contributed by atoms with Gasteiger partial charge >= 0.3 is 0 Å². The molecule has 0 heterocycles. The average Bonchev–Trinajstić information content (AvgIpc) is 2.25. The van der Waals surface area contributed by atoms with Crippen molar-refractivity contribution in [3.8, 4) is 0 Å². The number of hydrogen-bond acceptors (Lipinski definition) is 2. The first kappa shape index (κ1) is 13.0. The van der Waals surface area contributed by atoms with Gasteiger partial charge in [0, 0.05) is 6.54 Å². The smallest absolute Gasteiger partial charge is 0.232 e. The van der Waals surface area contributed by atoms with Crippen LogP contribution >= 0.6 is 11.6 Å². The molecule has 4 nitrogen and oxygen atoms in total. The quantitative estimate of drug-likeness (QED) is 0.848. The second-order valence-electron chi connectivity index (χ2n) is 2.97. The third-order valence-corrected chi connectivity index (χ3v) is 3.48. The summed E-state index contributed by atoms with van der Waals surface area (Å²) in [6.45, 7) is 2.19. The van der Waals surface area contributed by atoms with Gasteiger partial charge in [-0.1, -0.05) is 18.5 Å². The van der Waals surface area contributed by atoms with Gasteiger partial charge in [-0.05, 0) is 24.3 Å². The molecule has 1 aromatic carbocycles. The fraction of sp³-hybridized carbons (Fsp3) is 0.300. The van der Waals surface area contributed by atoms with Gasteiger partial charge in [0.25, 0.3) is 0 Å². The molecule has 0 aliphatic carbocycles. The second-order valence-corrected chi connectivity index (χ2v) is 4.83. The van der Waals surface area contributed by atoms with E-state index >= 15 is 0 Å². The number of hydrogen-bond donors (Lipinski definition) is 1. The number of rotatable bonds is 5. The van der Waals surface area contributed by atoms with Gasteiger partial charge < -0.3 is 5.73 Å². The van der Waals surface area contributed by atoms with Crippen LogP contribution in [0.3, 0.4) is 0 Å². The Labute approximate surface area is 102 Å². The van der Waals surface area contributed by atoms with Gasteiger partial charge in [-0.25, -0.2) is 8.51 Å². The molecule has 0 aliphatic rings. The lowest BCUT2D eigenvalue weighted by molar-refractivity contribution is -0.118.